The molecular weight excluding hydrogens is 383 g/mol. The molecule has 1 unspecified atom stereocenters. The Morgan fingerprint density at radius 3 is 2.50 bits per heavy atom. The van der Waals surface area contributed by atoms with Crippen molar-refractivity contribution in [3.63, 3.8) is 0 Å². The minimum absolute atomic E-state index is 0.148. The quantitative estimate of drug-likeness (QED) is 0.692. The summed E-state index contributed by atoms with van der Waals surface area (Å²) in [6.45, 7) is 4.28. The van der Waals surface area contributed by atoms with E-state index in [0.29, 0.717) is 12.4 Å². The van der Waals surface area contributed by atoms with E-state index in [-0.39, 0.29) is 18.7 Å². The van der Waals surface area contributed by atoms with Gasteiger partial charge in [-0.3, -0.25) is 9.10 Å². The molecule has 1 N–H and O–H groups in total. The van der Waals surface area contributed by atoms with Crippen LogP contribution in [0.15, 0.2) is 48.5 Å². The number of hydrogen-bond donors (Lipinski definition) is 1. The molecule has 0 spiro atoms. The van der Waals surface area contributed by atoms with E-state index in [1.807, 2.05) is 25.1 Å². The molecule has 0 saturated heterocycles. The zero-order valence-corrected chi connectivity index (χ0v) is 17.0. The molecule has 1 atom stereocenters. The van der Waals surface area contributed by atoms with Gasteiger partial charge < -0.3 is 10.1 Å². The number of ether oxygens (including phenoxy) is 1. The van der Waals surface area contributed by atoms with Crippen LogP contribution in [0.4, 0.5) is 10.1 Å². The molecule has 0 fully saturated rings. The Morgan fingerprint density at radius 2 is 1.89 bits per heavy atom. The monoisotopic (exact) mass is 408 g/mol. The van der Waals surface area contributed by atoms with Crippen LogP contribution in [-0.2, 0) is 21.4 Å². The van der Waals surface area contributed by atoms with Gasteiger partial charge in [0.2, 0.25) is 15.9 Å². The normalized spacial score (nSPS) is 12.3. The molecular formula is C20H25FN2O4S. The van der Waals surface area contributed by atoms with Gasteiger partial charge in [0, 0.05) is 6.54 Å². The Bertz CT molecular complexity index is 918. The van der Waals surface area contributed by atoms with E-state index in [2.05, 4.69) is 5.32 Å². The lowest BCUT2D eigenvalue weighted by atomic mass is 10.1. The third-order valence-corrected chi connectivity index (χ3v) is 5.26. The predicted molar refractivity (Wildman–Crippen MR) is 107 cm³/mol. The maximum Gasteiger partial charge on any atom is 0.244 e. The lowest BCUT2D eigenvalue weighted by molar-refractivity contribution is -0.122. The number of para-hydroxylation sites is 1. The highest BCUT2D eigenvalue weighted by Gasteiger charge is 2.32. The van der Waals surface area contributed by atoms with Gasteiger partial charge in [-0.05, 0) is 43.2 Å². The summed E-state index contributed by atoms with van der Waals surface area (Å²) in [5.41, 5.74) is 0.663. The smallest absolute Gasteiger partial charge is 0.244 e. The number of benzene rings is 2. The van der Waals surface area contributed by atoms with Crippen molar-refractivity contribution in [1.29, 1.82) is 0 Å². The molecule has 1 amide bonds. The molecule has 0 aliphatic heterocycles. The second kappa shape index (κ2) is 9.54. The molecule has 152 valence electrons. The number of carbonyl (C=O) groups excluding carboxylic acids is 1. The molecule has 8 heteroatoms. The lowest BCUT2D eigenvalue weighted by Crippen LogP contribution is -2.49. The minimum Gasteiger partial charge on any atom is -0.494 e. The SMILES string of the molecule is CCOc1cccc(CNC(=O)C(CC)N(c2ccccc2F)S(C)(=O)=O)c1. The minimum atomic E-state index is -3.88. The summed E-state index contributed by atoms with van der Waals surface area (Å²) in [4.78, 5) is 12.8. The molecule has 0 radical (unpaired) electrons. The van der Waals surface area contributed by atoms with E-state index in [9.17, 15) is 17.6 Å². The average molecular weight is 408 g/mol. The second-order valence-electron chi connectivity index (χ2n) is 6.23. The molecule has 0 heterocycles. The molecule has 0 aliphatic carbocycles. The van der Waals surface area contributed by atoms with Crippen LogP contribution in [0.2, 0.25) is 0 Å². The van der Waals surface area contributed by atoms with Gasteiger partial charge in [-0.2, -0.15) is 0 Å². The van der Waals surface area contributed by atoms with E-state index in [1.54, 1.807) is 13.0 Å². The van der Waals surface area contributed by atoms with E-state index >= 15 is 0 Å². The Hall–Kier alpha value is -2.61. The zero-order valence-electron chi connectivity index (χ0n) is 16.2. The molecule has 0 bridgehead atoms. The molecule has 2 rings (SSSR count). The van der Waals surface area contributed by atoms with E-state index in [0.717, 1.165) is 22.2 Å². The Labute approximate surface area is 165 Å². The first-order chi connectivity index (χ1) is 13.3. The van der Waals surface area contributed by atoms with Crippen molar-refractivity contribution >= 4 is 21.6 Å². The summed E-state index contributed by atoms with van der Waals surface area (Å²) in [6, 6.07) is 11.7. The molecule has 2 aromatic rings. The first kappa shape index (κ1) is 21.7. The fraction of sp³-hybridized carbons (Fsp3) is 0.350. The lowest BCUT2D eigenvalue weighted by Gasteiger charge is -2.30. The number of nitrogens with one attached hydrogen (secondary N) is 1. The van der Waals surface area contributed by atoms with Crippen molar-refractivity contribution < 1.29 is 22.3 Å². The van der Waals surface area contributed by atoms with Crippen LogP contribution in [0.25, 0.3) is 0 Å². The Kier molecular flexibility index (Phi) is 7.39. The number of nitrogens with zero attached hydrogens (tertiary/aromatic N) is 1. The summed E-state index contributed by atoms with van der Waals surface area (Å²) >= 11 is 0. The van der Waals surface area contributed by atoms with Crippen LogP contribution in [0.5, 0.6) is 5.75 Å². The Morgan fingerprint density at radius 1 is 1.18 bits per heavy atom. The van der Waals surface area contributed by atoms with Gasteiger partial charge in [-0.25, -0.2) is 12.8 Å². The van der Waals surface area contributed by atoms with Crippen LogP contribution in [0.1, 0.15) is 25.8 Å². The van der Waals surface area contributed by atoms with Gasteiger partial charge in [0.05, 0.1) is 18.6 Å². The summed E-state index contributed by atoms with van der Waals surface area (Å²) < 4.78 is 45.2. The van der Waals surface area contributed by atoms with Gasteiger partial charge in [0.25, 0.3) is 0 Å². The fourth-order valence-electron chi connectivity index (χ4n) is 2.88. The number of sulfonamides is 1. The van der Waals surface area contributed by atoms with E-state index in [1.165, 1.54) is 18.2 Å². The zero-order chi connectivity index (χ0) is 20.7. The molecule has 0 aromatic heterocycles. The highest BCUT2D eigenvalue weighted by molar-refractivity contribution is 7.92. The third kappa shape index (κ3) is 5.45. The topological polar surface area (TPSA) is 75.7 Å². The van der Waals surface area contributed by atoms with Crippen molar-refractivity contribution in [3.8, 4) is 5.75 Å². The Balaban J connectivity index is 2.23. The van der Waals surface area contributed by atoms with Crippen molar-refractivity contribution in [2.24, 2.45) is 0 Å². The molecule has 0 aliphatic rings. The van der Waals surface area contributed by atoms with Crippen molar-refractivity contribution in [1.82, 2.24) is 5.32 Å². The van der Waals surface area contributed by atoms with Gasteiger partial charge in [-0.1, -0.05) is 31.2 Å². The van der Waals surface area contributed by atoms with Crippen molar-refractivity contribution in [3.05, 3.63) is 59.9 Å². The number of hydrogen-bond acceptors (Lipinski definition) is 4. The van der Waals surface area contributed by atoms with Gasteiger partial charge >= 0.3 is 0 Å². The van der Waals surface area contributed by atoms with Crippen LogP contribution in [0.3, 0.4) is 0 Å². The number of rotatable bonds is 9. The number of anilines is 1. The molecule has 2 aromatic carbocycles. The maximum absolute atomic E-state index is 14.2. The summed E-state index contributed by atoms with van der Waals surface area (Å²) in [7, 11) is -3.88. The summed E-state index contributed by atoms with van der Waals surface area (Å²) in [5, 5.41) is 2.74. The number of amides is 1. The maximum atomic E-state index is 14.2. The predicted octanol–water partition coefficient (Wildman–Crippen LogP) is 3.09. The highest BCUT2D eigenvalue weighted by Crippen LogP contribution is 2.25. The molecule has 6 nitrogen and oxygen atoms in total. The standard InChI is InChI=1S/C20H25FN2O4S/c1-4-18(23(28(3,25)26)19-12-7-6-11-17(19)21)20(24)22-14-15-9-8-10-16(13-15)27-5-2/h6-13,18H,4-5,14H2,1-3H3,(H,22,24). The summed E-state index contributed by atoms with van der Waals surface area (Å²) in [6.07, 6.45) is 1.15. The highest BCUT2D eigenvalue weighted by atomic mass is 32.2. The molecule has 0 saturated carbocycles. The van der Waals surface area contributed by atoms with Crippen LogP contribution in [0, 0.1) is 5.82 Å². The van der Waals surface area contributed by atoms with Gasteiger partial charge in [0.15, 0.2) is 0 Å². The first-order valence-corrected chi connectivity index (χ1v) is 10.9. The first-order valence-electron chi connectivity index (χ1n) is 9.01. The second-order valence-corrected chi connectivity index (χ2v) is 8.09. The number of carbonyl (C=O) groups is 1. The van der Waals surface area contributed by atoms with Crippen molar-refractivity contribution in [2.45, 2.75) is 32.9 Å². The van der Waals surface area contributed by atoms with Crippen LogP contribution >= 0.6 is 0 Å². The average Bonchev–Trinajstić information content (AvgIpc) is 2.64. The largest absolute Gasteiger partial charge is 0.494 e. The van der Waals surface area contributed by atoms with Gasteiger partial charge in [-0.15, -0.1) is 0 Å². The van der Waals surface area contributed by atoms with Crippen molar-refractivity contribution in [2.75, 3.05) is 17.2 Å². The summed E-state index contributed by atoms with van der Waals surface area (Å²) in [5.74, 6) is -0.521. The third-order valence-electron chi connectivity index (χ3n) is 4.10. The van der Waals surface area contributed by atoms with Crippen LogP contribution < -0.4 is 14.4 Å². The van der Waals surface area contributed by atoms with E-state index < -0.39 is 27.8 Å². The number of halogens is 1. The fourth-order valence-corrected chi connectivity index (χ4v) is 4.10. The van der Waals surface area contributed by atoms with Crippen LogP contribution in [-0.4, -0.2) is 33.2 Å². The van der Waals surface area contributed by atoms with Gasteiger partial charge in [0.1, 0.15) is 17.6 Å². The van der Waals surface area contributed by atoms with E-state index in [4.69, 9.17) is 4.74 Å². The molecule has 28 heavy (non-hydrogen) atoms.